The van der Waals surface area contributed by atoms with Crippen LogP contribution in [0.2, 0.25) is 0 Å². The first-order valence-electron chi connectivity index (χ1n) is 17.2. The molecule has 0 bridgehead atoms. The third-order valence-electron chi connectivity index (χ3n) is 9.36. The van der Waals surface area contributed by atoms with Gasteiger partial charge in [-0.2, -0.15) is 0 Å². The van der Waals surface area contributed by atoms with Gasteiger partial charge in [0.2, 0.25) is 0 Å². The number of carbonyl (C=O) groups excluding carboxylic acids is 4. The van der Waals surface area contributed by atoms with Gasteiger partial charge in [-0.1, -0.05) is 68.1 Å². The van der Waals surface area contributed by atoms with E-state index in [2.05, 4.69) is 10.2 Å². The number of ether oxygens (including phenoxy) is 4. The van der Waals surface area contributed by atoms with Crippen LogP contribution < -0.4 is 10.2 Å². The highest BCUT2D eigenvalue weighted by Gasteiger charge is 2.40. The van der Waals surface area contributed by atoms with Crippen LogP contribution >= 0.6 is 0 Å². The van der Waals surface area contributed by atoms with Gasteiger partial charge in [0.25, 0.3) is 5.91 Å². The SMILES string of the molecule is CNC(CC1CC1)C(=O)OC(Cc1ccc(N2CCOCC2)cc1)C(=O)N(C)C(CC1CC1)C(=O)OC(C)C(=O)OCc1ccccc1. The molecule has 5 rings (SSSR count). The molecule has 0 radical (unpaired) electrons. The van der Waals surface area contributed by atoms with Gasteiger partial charge in [-0.25, -0.2) is 9.59 Å². The molecule has 4 unspecified atom stereocenters. The molecule has 3 aliphatic rings. The lowest BCUT2D eigenvalue weighted by molar-refractivity contribution is -0.173. The number of esters is 3. The Bertz CT molecular complexity index is 1370. The van der Waals surface area contributed by atoms with Gasteiger partial charge in [0.1, 0.15) is 18.7 Å². The molecule has 1 saturated heterocycles. The first-order chi connectivity index (χ1) is 23.2. The zero-order valence-electron chi connectivity index (χ0n) is 28.3. The first kappa shape index (κ1) is 35.3. The summed E-state index contributed by atoms with van der Waals surface area (Å²) in [7, 11) is 3.26. The monoisotopic (exact) mass is 663 g/mol. The number of hydrogen-bond acceptors (Lipinski definition) is 10. The van der Waals surface area contributed by atoms with Crippen molar-refractivity contribution in [2.45, 2.75) is 82.8 Å². The van der Waals surface area contributed by atoms with Crippen molar-refractivity contribution in [3.05, 3.63) is 65.7 Å². The van der Waals surface area contributed by atoms with E-state index in [-0.39, 0.29) is 18.9 Å². The lowest BCUT2D eigenvalue weighted by Gasteiger charge is -2.31. The highest BCUT2D eigenvalue weighted by molar-refractivity contribution is 5.90. The molecule has 4 atom stereocenters. The standard InChI is InChI=1S/C37H49N3O8/c1-25(35(42)46-24-29-7-5-4-6-8-29)47-37(44)32(22-27-11-12-27)39(3)34(41)33(48-36(43)31(38-2)21-26-9-10-26)23-28-13-15-30(16-14-28)40-17-19-45-20-18-40/h4-8,13-16,25-27,31-33,38H,9-12,17-24H2,1-3H3. The fraction of sp³-hybridized carbons (Fsp3) is 0.568. The normalized spacial score (nSPS) is 18.6. The maximum atomic E-state index is 14.2. The van der Waals surface area contributed by atoms with Gasteiger partial charge >= 0.3 is 17.9 Å². The largest absolute Gasteiger partial charge is 0.458 e. The minimum Gasteiger partial charge on any atom is -0.458 e. The number of likely N-dealkylation sites (N-methyl/N-ethyl adjacent to an activating group) is 2. The molecule has 1 N–H and O–H groups in total. The summed E-state index contributed by atoms with van der Waals surface area (Å²) in [4.78, 5) is 57.4. The molecule has 0 spiro atoms. The summed E-state index contributed by atoms with van der Waals surface area (Å²) in [5.74, 6) is -1.62. The molecule has 2 aliphatic carbocycles. The summed E-state index contributed by atoms with van der Waals surface area (Å²) in [5, 5.41) is 3.05. The molecule has 11 heteroatoms. The zero-order chi connectivity index (χ0) is 34.0. The highest BCUT2D eigenvalue weighted by Crippen LogP contribution is 2.36. The first-order valence-corrected chi connectivity index (χ1v) is 17.2. The van der Waals surface area contributed by atoms with Gasteiger partial charge in [0.05, 0.1) is 13.2 Å². The van der Waals surface area contributed by atoms with Crippen LogP contribution in [-0.2, 0) is 51.2 Å². The number of benzene rings is 2. The molecule has 48 heavy (non-hydrogen) atoms. The Labute approximate surface area is 283 Å². The minimum absolute atomic E-state index is 0.0558. The van der Waals surface area contributed by atoms with Crippen LogP contribution in [-0.4, -0.2) is 93.4 Å². The molecular formula is C37H49N3O8. The van der Waals surface area contributed by atoms with Crippen LogP contribution in [0.3, 0.4) is 0 Å². The fourth-order valence-electron chi connectivity index (χ4n) is 5.91. The van der Waals surface area contributed by atoms with E-state index in [1.807, 2.05) is 54.6 Å². The smallest absolute Gasteiger partial charge is 0.347 e. The lowest BCUT2D eigenvalue weighted by atomic mass is 10.0. The van der Waals surface area contributed by atoms with Crippen LogP contribution in [0.25, 0.3) is 0 Å². The molecule has 3 fully saturated rings. The van der Waals surface area contributed by atoms with Crippen molar-refractivity contribution < 1.29 is 38.1 Å². The number of hydrogen-bond donors (Lipinski definition) is 1. The molecule has 260 valence electrons. The minimum atomic E-state index is -1.16. The van der Waals surface area contributed by atoms with Crippen molar-refractivity contribution in [3.63, 3.8) is 0 Å². The fourth-order valence-corrected chi connectivity index (χ4v) is 5.91. The van der Waals surface area contributed by atoms with E-state index in [0.29, 0.717) is 32.0 Å². The summed E-state index contributed by atoms with van der Waals surface area (Å²) in [6, 6.07) is 15.6. The quantitative estimate of drug-likeness (QED) is 0.198. The van der Waals surface area contributed by atoms with Gasteiger partial charge in [-0.3, -0.25) is 9.59 Å². The van der Waals surface area contributed by atoms with Crippen molar-refractivity contribution >= 4 is 29.5 Å². The molecule has 2 aromatic carbocycles. The molecule has 11 nitrogen and oxygen atoms in total. The summed E-state index contributed by atoms with van der Waals surface area (Å²) in [6.45, 7) is 4.47. The van der Waals surface area contributed by atoms with Gasteiger partial charge in [-0.15, -0.1) is 0 Å². The van der Waals surface area contributed by atoms with Gasteiger partial charge in [-0.05, 0) is 61.9 Å². The molecular weight excluding hydrogens is 614 g/mol. The van der Waals surface area contributed by atoms with Crippen molar-refractivity contribution in [1.29, 1.82) is 0 Å². The number of carbonyl (C=O) groups is 4. The van der Waals surface area contributed by atoms with E-state index in [4.69, 9.17) is 18.9 Å². The summed E-state index contributed by atoms with van der Waals surface area (Å²) in [6.07, 6.45) is 2.91. The second-order valence-electron chi connectivity index (χ2n) is 13.2. The van der Waals surface area contributed by atoms with E-state index < -0.39 is 48.1 Å². The second-order valence-corrected chi connectivity index (χ2v) is 13.2. The average molecular weight is 664 g/mol. The van der Waals surface area contributed by atoms with E-state index in [0.717, 1.165) is 55.6 Å². The third-order valence-corrected chi connectivity index (χ3v) is 9.36. The lowest BCUT2D eigenvalue weighted by Crippen LogP contribution is -2.51. The molecule has 2 saturated carbocycles. The molecule has 1 amide bonds. The maximum Gasteiger partial charge on any atom is 0.347 e. The molecule has 1 heterocycles. The van der Waals surface area contributed by atoms with Crippen LogP contribution in [0, 0.1) is 11.8 Å². The molecule has 1 aliphatic heterocycles. The predicted molar refractivity (Wildman–Crippen MR) is 179 cm³/mol. The van der Waals surface area contributed by atoms with Crippen LogP contribution in [0.1, 0.15) is 56.6 Å². The Morgan fingerprint density at radius 3 is 2.12 bits per heavy atom. The molecule has 2 aromatic rings. The van der Waals surface area contributed by atoms with E-state index in [9.17, 15) is 19.2 Å². The Morgan fingerprint density at radius 2 is 1.50 bits per heavy atom. The van der Waals surface area contributed by atoms with E-state index in [1.165, 1.54) is 18.9 Å². The van der Waals surface area contributed by atoms with Crippen molar-refractivity contribution in [2.75, 3.05) is 45.3 Å². The summed E-state index contributed by atoms with van der Waals surface area (Å²) >= 11 is 0. The molecule has 0 aromatic heterocycles. The summed E-state index contributed by atoms with van der Waals surface area (Å²) < 4.78 is 22.4. The Hall–Kier alpha value is -3.96. The van der Waals surface area contributed by atoms with Crippen molar-refractivity contribution in [2.24, 2.45) is 11.8 Å². The van der Waals surface area contributed by atoms with E-state index >= 15 is 0 Å². The number of nitrogens with one attached hydrogen (secondary N) is 1. The number of rotatable bonds is 17. The van der Waals surface area contributed by atoms with Crippen LogP contribution in [0.5, 0.6) is 0 Å². The number of amides is 1. The number of nitrogens with zero attached hydrogens (tertiary/aromatic N) is 2. The van der Waals surface area contributed by atoms with E-state index in [1.54, 1.807) is 7.05 Å². The average Bonchev–Trinajstić information content (AvgIpc) is 4.05. The number of anilines is 1. The number of morpholine rings is 1. The maximum absolute atomic E-state index is 14.2. The van der Waals surface area contributed by atoms with Crippen LogP contribution in [0.15, 0.2) is 54.6 Å². The topological polar surface area (TPSA) is 124 Å². The Balaban J connectivity index is 1.28. The Morgan fingerprint density at radius 1 is 0.854 bits per heavy atom. The zero-order valence-corrected chi connectivity index (χ0v) is 28.3. The third kappa shape index (κ3) is 10.3. The second kappa shape index (κ2) is 16.9. The predicted octanol–water partition coefficient (Wildman–Crippen LogP) is 3.67. The van der Waals surface area contributed by atoms with Crippen molar-refractivity contribution in [1.82, 2.24) is 10.2 Å². The Kier molecular flexibility index (Phi) is 12.5. The summed E-state index contributed by atoms with van der Waals surface area (Å²) in [5.41, 5.74) is 2.70. The van der Waals surface area contributed by atoms with Gasteiger partial charge in [0, 0.05) is 32.2 Å². The van der Waals surface area contributed by atoms with Gasteiger partial charge < -0.3 is 34.1 Å². The highest BCUT2D eigenvalue weighted by atomic mass is 16.6. The van der Waals surface area contributed by atoms with Crippen molar-refractivity contribution in [3.8, 4) is 0 Å². The van der Waals surface area contributed by atoms with Gasteiger partial charge in [0.15, 0.2) is 12.2 Å². The van der Waals surface area contributed by atoms with Crippen LogP contribution in [0.4, 0.5) is 5.69 Å².